The second kappa shape index (κ2) is 7.75. The summed E-state index contributed by atoms with van der Waals surface area (Å²) in [6, 6.07) is 4.62. The molecule has 0 spiro atoms. The van der Waals surface area contributed by atoms with Gasteiger partial charge < -0.3 is 9.26 Å². The molecule has 1 aromatic carbocycles. The number of fused-ring (bicyclic) bond motifs is 1. The molecule has 0 bridgehead atoms. The minimum atomic E-state index is -3.69. The number of nitrogens with zero attached hydrogens (tertiary/aromatic N) is 4. The van der Waals surface area contributed by atoms with Crippen molar-refractivity contribution in [1.82, 2.24) is 14.4 Å². The Morgan fingerprint density at radius 3 is 2.69 bits per heavy atom. The second-order valence-corrected chi connectivity index (χ2v) is 9.44. The molecule has 0 unspecified atom stereocenters. The van der Waals surface area contributed by atoms with Crippen molar-refractivity contribution in [2.24, 2.45) is 0 Å². The van der Waals surface area contributed by atoms with Crippen LogP contribution in [0.2, 0.25) is 0 Å². The number of anilines is 1. The Labute approximate surface area is 169 Å². The van der Waals surface area contributed by atoms with Crippen LogP contribution in [0.15, 0.2) is 27.6 Å². The van der Waals surface area contributed by atoms with Gasteiger partial charge in [-0.1, -0.05) is 24.4 Å². The van der Waals surface area contributed by atoms with E-state index in [0.717, 1.165) is 32.1 Å². The van der Waals surface area contributed by atoms with Crippen LogP contribution in [0.25, 0.3) is 0 Å². The van der Waals surface area contributed by atoms with Gasteiger partial charge in [0.05, 0.1) is 17.1 Å². The standard InChI is InChI=1S/C19H24N4O5S/c1-13-20-18(21-28-13)11-23-16-10-15(8-9-17(16)27-12-19(23)24)29(25,26)22(2)14-6-4-3-5-7-14/h8-10,14H,3-7,11-12H2,1-2H3. The van der Waals surface area contributed by atoms with Gasteiger partial charge in [-0.25, -0.2) is 8.42 Å². The Kier molecular flexibility index (Phi) is 5.30. The summed E-state index contributed by atoms with van der Waals surface area (Å²) in [4.78, 5) is 18.2. The summed E-state index contributed by atoms with van der Waals surface area (Å²) in [6.45, 7) is 1.61. The zero-order chi connectivity index (χ0) is 20.6. The van der Waals surface area contributed by atoms with Gasteiger partial charge in [-0.15, -0.1) is 0 Å². The fourth-order valence-corrected chi connectivity index (χ4v) is 5.31. The molecule has 1 saturated carbocycles. The minimum Gasteiger partial charge on any atom is -0.482 e. The maximum Gasteiger partial charge on any atom is 0.265 e. The Morgan fingerprint density at radius 2 is 2.00 bits per heavy atom. The average Bonchev–Trinajstić information content (AvgIpc) is 3.14. The predicted molar refractivity (Wildman–Crippen MR) is 104 cm³/mol. The van der Waals surface area contributed by atoms with Crippen LogP contribution in [0.1, 0.15) is 43.8 Å². The van der Waals surface area contributed by atoms with Gasteiger partial charge in [0.2, 0.25) is 15.9 Å². The monoisotopic (exact) mass is 420 g/mol. The molecule has 1 aliphatic heterocycles. The Balaban J connectivity index is 1.66. The first-order valence-electron chi connectivity index (χ1n) is 9.70. The van der Waals surface area contributed by atoms with Gasteiger partial charge in [0.15, 0.2) is 12.4 Å². The van der Waals surface area contributed by atoms with Crippen LogP contribution >= 0.6 is 0 Å². The fraction of sp³-hybridized carbons (Fsp3) is 0.526. The van der Waals surface area contributed by atoms with Gasteiger partial charge >= 0.3 is 0 Å². The van der Waals surface area contributed by atoms with E-state index >= 15 is 0 Å². The first kappa shape index (κ1) is 19.8. The second-order valence-electron chi connectivity index (χ2n) is 7.44. The molecule has 29 heavy (non-hydrogen) atoms. The van der Waals surface area contributed by atoms with E-state index in [1.54, 1.807) is 20.0 Å². The molecule has 9 nitrogen and oxygen atoms in total. The average molecular weight is 420 g/mol. The highest BCUT2D eigenvalue weighted by molar-refractivity contribution is 7.89. The molecule has 1 aromatic heterocycles. The summed E-state index contributed by atoms with van der Waals surface area (Å²) < 4.78 is 38.3. The number of hydrogen-bond donors (Lipinski definition) is 0. The van der Waals surface area contributed by atoms with E-state index in [1.807, 2.05) is 0 Å². The van der Waals surface area contributed by atoms with E-state index in [-0.39, 0.29) is 30.0 Å². The first-order valence-corrected chi connectivity index (χ1v) is 11.1. The molecular formula is C19H24N4O5S. The molecule has 1 fully saturated rings. The third kappa shape index (κ3) is 3.86. The van der Waals surface area contributed by atoms with Crippen molar-refractivity contribution in [2.45, 2.75) is 56.5 Å². The van der Waals surface area contributed by atoms with E-state index in [4.69, 9.17) is 9.26 Å². The van der Waals surface area contributed by atoms with Crippen LogP contribution in [0, 0.1) is 6.92 Å². The molecule has 0 saturated heterocycles. The van der Waals surface area contributed by atoms with Gasteiger partial charge in [-0.3, -0.25) is 9.69 Å². The van der Waals surface area contributed by atoms with Gasteiger partial charge in [0.25, 0.3) is 5.91 Å². The molecule has 1 amide bonds. The number of rotatable bonds is 5. The Hall–Kier alpha value is -2.46. The number of carbonyl (C=O) groups excluding carboxylic acids is 1. The van der Waals surface area contributed by atoms with Crippen LogP contribution in [-0.4, -0.2) is 48.5 Å². The Morgan fingerprint density at radius 1 is 1.24 bits per heavy atom. The lowest BCUT2D eigenvalue weighted by Crippen LogP contribution is -2.40. The molecule has 156 valence electrons. The largest absolute Gasteiger partial charge is 0.482 e. The van der Waals surface area contributed by atoms with Gasteiger partial charge in [-0.05, 0) is 31.0 Å². The SMILES string of the molecule is Cc1nc(CN2C(=O)COc3ccc(S(=O)(=O)N(C)C4CCCCC4)cc32)no1. The summed E-state index contributed by atoms with van der Waals surface area (Å²) in [5, 5.41) is 3.83. The topological polar surface area (TPSA) is 106 Å². The smallest absolute Gasteiger partial charge is 0.265 e. The number of ether oxygens (including phenoxy) is 1. The van der Waals surface area contributed by atoms with E-state index in [0.29, 0.717) is 23.2 Å². The summed E-state index contributed by atoms with van der Waals surface area (Å²) in [5.41, 5.74) is 0.391. The zero-order valence-electron chi connectivity index (χ0n) is 16.5. The van der Waals surface area contributed by atoms with Crippen LogP contribution in [0.5, 0.6) is 5.75 Å². The van der Waals surface area contributed by atoms with E-state index in [2.05, 4.69) is 10.1 Å². The van der Waals surface area contributed by atoms with Crippen molar-refractivity contribution >= 4 is 21.6 Å². The number of amides is 1. The number of hydrogen-bond acceptors (Lipinski definition) is 7. The van der Waals surface area contributed by atoms with Gasteiger partial charge in [-0.2, -0.15) is 9.29 Å². The molecule has 10 heteroatoms. The summed E-state index contributed by atoms with van der Waals surface area (Å²) in [6.07, 6.45) is 4.95. The quantitative estimate of drug-likeness (QED) is 0.730. The van der Waals surface area contributed by atoms with Crippen molar-refractivity contribution in [3.8, 4) is 5.75 Å². The number of sulfonamides is 1. The molecule has 0 N–H and O–H groups in total. The first-order chi connectivity index (χ1) is 13.9. The summed E-state index contributed by atoms with van der Waals surface area (Å²) in [5.74, 6) is 0.891. The predicted octanol–water partition coefficient (Wildman–Crippen LogP) is 2.26. The van der Waals surface area contributed by atoms with Crippen molar-refractivity contribution in [2.75, 3.05) is 18.6 Å². The maximum atomic E-state index is 13.2. The van der Waals surface area contributed by atoms with Crippen molar-refractivity contribution in [3.05, 3.63) is 29.9 Å². The van der Waals surface area contributed by atoms with Gasteiger partial charge in [0, 0.05) is 20.0 Å². The van der Waals surface area contributed by atoms with E-state index in [1.165, 1.54) is 21.3 Å². The van der Waals surface area contributed by atoms with Crippen LogP contribution < -0.4 is 9.64 Å². The minimum absolute atomic E-state index is 0.000993. The molecular weight excluding hydrogens is 396 g/mol. The Bertz CT molecular complexity index is 1010. The highest BCUT2D eigenvalue weighted by atomic mass is 32.2. The maximum absolute atomic E-state index is 13.2. The lowest BCUT2D eigenvalue weighted by molar-refractivity contribution is -0.121. The van der Waals surface area contributed by atoms with Crippen molar-refractivity contribution in [3.63, 3.8) is 0 Å². The molecule has 2 aromatic rings. The van der Waals surface area contributed by atoms with Crippen LogP contribution in [0.4, 0.5) is 5.69 Å². The molecule has 0 atom stereocenters. The molecule has 1 aliphatic carbocycles. The fourth-order valence-electron chi connectivity index (χ4n) is 3.87. The van der Waals surface area contributed by atoms with E-state index < -0.39 is 10.0 Å². The van der Waals surface area contributed by atoms with Crippen molar-refractivity contribution < 1.29 is 22.5 Å². The molecule has 2 heterocycles. The third-order valence-corrected chi connectivity index (χ3v) is 7.41. The highest BCUT2D eigenvalue weighted by Crippen LogP contribution is 2.36. The summed E-state index contributed by atoms with van der Waals surface area (Å²) >= 11 is 0. The van der Waals surface area contributed by atoms with Crippen molar-refractivity contribution in [1.29, 1.82) is 0 Å². The molecule has 4 rings (SSSR count). The van der Waals surface area contributed by atoms with Gasteiger partial charge in [0.1, 0.15) is 5.75 Å². The number of benzene rings is 1. The molecule has 2 aliphatic rings. The van der Waals surface area contributed by atoms with E-state index in [9.17, 15) is 13.2 Å². The van der Waals surface area contributed by atoms with Crippen LogP contribution in [-0.2, 0) is 21.4 Å². The number of carbonyl (C=O) groups is 1. The number of aryl methyl sites for hydroxylation is 1. The van der Waals surface area contributed by atoms with Crippen LogP contribution in [0.3, 0.4) is 0 Å². The third-order valence-electron chi connectivity index (χ3n) is 5.51. The number of aromatic nitrogens is 2. The molecule has 0 radical (unpaired) electrons. The summed E-state index contributed by atoms with van der Waals surface area (Å²) in [7, 11) is -2.06. The zero-order valence-corrected chi connectivity index (χ0v) is 17.3. The highest BCUT2D eigenvalue weighted by Gasteiger charge is 2.32. The lowest BCUT2D eigenvalue weighted by Gasteiger charge is -2.32. The lowest BCUT2D eigenvalue weighted by atomic mass is 9.96. The normalized spacial score (nSPS) is 18.0.